The van der Waals surface area contributed by atoms with Crippen molar-refractivity contribution in [2.75, 3.05) is 0 Å². The minimum atomic E-state index is -2.75. The highest BCUT2D eigenvalue weighted by Crippen LogP contribution is 2.23. The maximum atomic E-state index is 12.3. The van der Waals surface area contributed by atoms with Crippen LogP contribution in [0.3, 0.4) is 0 Å². The summed E-state index contributed by atoms with van der Waals surface area (Å²) in [5, 5.41) is 6.84. The van der Waals surface area contributed by atoms with Crippen molar-refractivity contribution in [2.24, 2.45) is 0 Å². The van der Waals surface area contributed by atoms with Gasteiger partial charge < -0.3 is 4.42 Å². The average molecular weight is 239 g/mol. The number of pyridine rings is 1. The molecule has 0 bridgehead atoms. The second-order valence-electron chi connectivity index (χ2n) is 3.59. The first-order valence-electron chi connectivity index (χ1n) is 5.19. The average Bonchev–Trinajstić information content (AvgIpc) is 2.78. The normalized spacial score (nSPS) is 11.1. The van der Waals surface area contributed by atoms with Gasteiger partial charge in [0.2, 0.25) is 5.89 Å². The van der Waals surface area contributed by atoms with Crippen LogP contribution in [0.15, 0.2) is 16.7 Å². The van der Waals surface area contributed by atoms with Crippen LogP contribution in [0.25, 0.3) is 11.5 Å². The second kappa shape index (κ2) is 4.57. The van der Waals surface area contributed by atoms with E-state index < -0.39 is 12.3 Å². The smallest absolute Gasteiger partial charge is 0.314 e. The van der Waals surface area contributed by atoms with Gasteiger partial charge in [0.05, 0.1) is 5.56 Å². The molecule has 6 heteroatoms. The Kier molecular flexibility index (Phi) is 3.12. The van der Waals surface area contributed by atoms with Gasteiger partial charge in [-0.1, -0.05) is 6.92 Å². The number of aromatic nitrogens is 3. The monoisotopic (exact) mass is 239 g/mol. The summed E-state index contributed by atoms with van der Waals surface area (Å²) in [6.07, 6.45) is -0.382. The van der Waals surface area contributed by atoms with E-state index in [0.717, 1.165) is 17.7 Å². The molecule has 0 radical (unpaired) electrons. The van der Waals surface area contributed by atoms with E-state index in [0.29, 0.717) is 5.56 Å². The summed E-state index contributed by atoms with van der Waals surface area (Å²) in [5.41, 5.74) is 2.49. The molecule has 0 amide bonds. The highest BCUT2D eigenvalue weighted by Gasteiger charge is 2.17. The van der Waals surface area contributed by atoms with Crippen molar-refractivity contribution >= 4 is 0 Å². The third-order valence-electron chi connectivity index (χ3n) is 2.40. The SMILES string of the molecule is CCc1ncc(-c2nnc(C(F)F)o2)cc1C. The van der Waals surface area contributed by atoms with E-state index in [4.69, 9.17) is 4.42 Å². The Hall–Kier alpha value is -1.85. The summed E-state index contributed by atoms with van der Waals surface area (Å²) in [6.45, 7) is 3.90. The Bertz CT molecular complexity index is 525. The number of aryl methyl sites for hydroxylation is 2. The topological polar surface area (TPSA) is 51.8 Å². The molecule has 0 fully saturated rings. The van der Waals surface area contributed by atoms with E-state index >= 15 is 0 Å². The largest absolute Gasteiger partial charge is 0.415 e. The van der Waals surface area contributed by atoms with Gasteiger partial charge in [-0.15, -0.1) is 10.2 Å². The van der Waals surface area contributed by atoms with Crippen LogP contribution in [-0.2, 0) is 6.42 Å². The van der Waals surface area contributed by atoms with Gasteiger partial charge in [0.25, 0.3) is 5.89 Å². The van der Waals surface area contributed by atoms with Crippen molar-refractivity contribution in [3.63, 3.8) is 0 Å². The molecule has 0 saturated heterocycles. The molecular weight excluding hydrogens is 228 g/mol. The first kappa shape index (κ1) is 11.6. The molecule has 0 aliphatic heterocycles. The Morgan fingerprint density at radius 2 is 2.12 bits per heavy atom. The molecular formula is C11H11F2N3O. The Balaban J connectivity index is 2.36. The Morgan fingerprint density at radius 1 is 1.35 bits per heavy atom. The summed E-state index contributed by atoms with van der Waals surface area (Å²) in [4.78, 5) is 4.21. The van der Waals surface area contributed by atoms with Crippen molar-refractivity contribution in [1.82, 2.24) is 15.2 Å². The molecule has 0 atom stereocenters. The van der Waals surface area contributed by atoms with E-state index in [2.05, 4.69) is 15.2 Å². The molecule has 2 rings (SSSR count). The standard InChI is InChI=1S/C11H11F2N3O/c1-3-8-6(2)4-7(5-14-8)10-15-16-11(17-10)9(12)13/h4-5,9H,3H2,1-2H3. The predicted octanol–water partition coefficient (Wildman–Crippen LogP) is 2.94. The van der Waals surface area contributed by atoms with Crippen LogP contribution in [0.4, 0.5) is 8.78 Å². The van der Waals surface area contributed by atoms with Crippen molar-refractivity contribution in [2.45, 2.75) is 26.7 Å². The van der Waals surface area contributed by atoms with Crippen LogP contribution >= 0.6 is 0 Å². The van der Waals surface area contributed by atoms with E-state index in [9.17, 15) is 8.78 Å². The minimum Gasteiger partial charge on any atom is -0.415 e. The lowest BCUT2D eigenvalue weighted by Gasteiger charge is -2.02. The molecule has 2 aromatic rings. The van der Waals surface area contributed by atoms with Gasteiger partial charge in [-0.3, -0.25) is 4.98 Å². The quantitative estimate of drug-likeness (QED) is 0.826. The highest BCUT2D eigenvalue weighted by atomic mass is 19.3. The van der Waals surface area contributed by atoms with Crippen LogP contribution in [0.2, 0.25) is 0 Å². The summed E-state index contributed by atoms with van der Waals surface area (Å²) >= 11 is 0. The van der Waals surface area contributed by atoms with Gasteiger partial charge >= 0.3 is 6.43 Å². The van der Waals surface area contributed by atoms with Gasteiger partial charge in [0, 0.05) is 11.9 Å². The maximum absolute atomic E-state index is 12.3. The Labute approximate surface area is 96.7 Å². The van der Waals surface area contributed by atoms with Crippen molar-refractivity contribution in [1.29, 1.82) is 0 Å². The number of nitrogens with zero attached hydrogens (tertiary/aromatic N) is 3. The molecule has 4 nitrogen and oxygen atoms in total. The van der Waals surface area contributed by atoms with E-state index in [1.165, 1.54) is 0 Å². The summed E-state index contributed by atoms with van der Waals surface area (Å²) in [6, 6.07) is 1.80. The maximum Gasteiger partial charge on any atom is 0.314 e. The van der Waals surface area contributed by atoms with Crippen molar-refractivity contribution < 1.29 is 13.2 Å². The fraction of sp³-hybridized carbons (Fsp3) is 0.364. The third-order valence-corrected chi connectivity index (χ3v) is 2.40. The molecule has 2 heterocycles. The molecule has 0 saturated carbocycles. The van der Waals surface area contributed by atoms with E-state index in [-0.39, 0.29) is 5.89 Å². The third kappa shape index (κ3) is 2.30. The molecule has 0 N–H and O–H groups in total. The molecule has 0 unspecified atom stereocenters. The predicted molar refractivity (Wildman–Crippen MR) is 56.6 cm³/mol. The zero-order valence-corrected chi connectivity index (χ0v) is 9.44. The number of hydrogen-bond donors (Lipinski definition) is 0. The van der Waals surface area contributed by atoms with Crippen molar-refractivity contribution in [3.05, 3.63) is 29.4 Å². The molecule has 2 aromatic heterocycles. The number of halogens is 2. The van der Waals surface area contributed by atoms with E-state index in [1.807, 2.05) is 13.8 Å². The van der Waals surface area contributed by atoms with Crippen molar-refractivity contribution in [3.8, 4) is 11.5 Å². The van der Waals surface area contributed by atoms with Gasteiger partial charge in [-0.05, 0) is 25.0 Å². The van der Waals surface area contributed by atoms with Crippen LogP contribution in [-0.4, -0.2) is 15.2 Å². The van der Waals surface area contributed by atoms with Crippen LogP contribution in [0.1, 0.15) is 30.5 Å². The Morgan fingerprint density at radius 3 is 2.65 bits per heavy atom. The highest BCUT2D eigenvalue weighted by molar-refractivity contribution is 5.52. The lowest BCUT2D eigenvalue weighted by molar-refractivity contribution is 0.116. The fourth-order valence-corrected chi connectivity index (χ4v) is 1.53. The van der Waals surface area contributed by atoms with Gasteiger partial charge in [-0.2, -0.15) is 8.78 Å². The molecule has 90 valence electrons. The fourth-order valence-electron chi connectivity index (χ4n) is 1.53. The van der Waals surface area contributed by atoms with Gasteiger partial charge in [-0.25, -0.2) is 0 Å². The molecule has 17 heavy (non-hydrogen) atoms. The van der Waals surface area contributed by atoms with Gasteiger partial charge in [0.15, 0.2) is 0 Å². The summed E-state index contributed by atoms with van der Waals surface area (Å²) in [7, 11) is 0. The first-order chi connectivity index (χ1) is 8.11. The van der Waals surface area contributed by atoms with Gasteiger partial charge in [0.1, 0.15) is 0 Å². The van der Waals surface area contributed by atoms with Crippen LogP contribution < -0.4 is 0 Å². The number of rotatable bonds is 3. The first-order valence-corrected chi connectivity index (χ1v) is 5.19. The minimum absolute atomic E-state index is 0.0681. The molecule has 0 spiro atoms. The summed E-state index contributed by atoms with van der Waals surface area (Å²) < 4.78 is 29.4. The van der Waals surface area contributed by atoms with Crippen LogP contribution in [0, 0.1) is 6.92 Å². The number of alkyl halides is 2. The van der Waals surface area contributed by atoms with E-state index in [1.54, 1.807) is 12.3 Å². The zero-order valence-electron chi connectivity index (χ0n) is 9.44. The zero-order chi connectivity index (χ0) is 12.4. The number of hydrogen-bond acceptors (Lipinski definition) is 4. The summed E-state index contributed by atoms with van der Waals surface area (Å²) in [5.74, 6) is -0.601. The lowest BCUT2D eigenvalue weighted by atomic mass is 10.1. The lowest BCUT2D eigenvalue weighted by Crippen LogP contribution is -1.92. The molecule has 0 aromatic carbocycles. The second-order valence-corrected chi connectivity index (χ2v) is 3.59. The molecule has 0 aliphatic rings. The molecule has 0 aliphatic carbocycles. The van der Waals surface area contributed by atoms with Crippen LogP contribution in [0.5, 0.6) is 0 Å².